The van der Waals surface area contributed by atoms with Crippen molar-refractivity contribution in [3.63, 3.8) is 0 Å². The molecule has 0 spiro atoms. The van der Waals surface area contributed by atoms with Gasteiger partial charge in [0.1, 0.15) is 10.9 Å². The number of amides is 1. The first-order valence-corrected chi connectivity index (χ1v) is 7.32. The van der Waals surface area contributed by atoms with Crippen LogP contribution in [0.3, 0.4) is 0 Å². The summed E-state index contributed by atoms with van der Waals surface area (Å²) in [7, 11) is -3.82. The molecule has 1 amide bonds. The Morgan fingerprint density at radius 3 is 2.78 bits per heavy atom. The predicted molar refractivity (Wildman–Crippen MR) is 65.8 cm³/mol. The van der Waals surface area contributed by atoms with E-state index in [1.165, 1.54) is 12.3 Å². The van der Waals surface area contributed by atoms with Crippen LogP contribution in [-0.2, 0) is 14.8 Å². The molecule has 1 aliphatic rings. The average Bonchev–Trinajstić information content (AvgIpc) is 2.64. The highest BCUT2D eigenvalue weighted by Crippen LogP contribution is 2.27. The molecular weight excluding hydrogens is 329 g/mol. The molecule has 0 aromatic carbocycles. The minimum Gasteiger partial charge on any atom is -0.307 e. The van der Waals surface area contributed by atoms with Crippen molar-refractivity contribution in [2.75, 3.05) is 11.4 Å². The van der Waals surface area contributed by atoms with Gasteiger partial charge in [0.2, 0.25) is 21.9 Å². The van der Waals surface area contributed by atoms with Crippen LogP contribution in [0.15, 0.2) is 16.7 Å². The van der Waals surface area contributed by atoms with Gasteiger partial charge in [0, 0.05) is 23.6 Å². The summed E-state index contributed by atoms with van der Waals surface area (Å²) in [6, 6.07) is 1.37. The summed E-state index contributed by atoms with van der Waals surface area (Å²) in [5.74, 6) is -1.32. The molecule has 1 saturated heterocycles. The Bertz CT molecular complexity index is 607. The van der Waals surface area contributed by atoms with Crippen LogP contribution in [0.4, 0.5) is 10.1 Å². The molecule has 0 radical (unpaired) electrons. The van der Waals surface area contributed by atoms with E-state index < -0.39 is 27.1 Å². The Kier molecular flexibility index (Phi) is 3.39. The number of anilines is 1. The first-order valence-electron chi connectivity index (χ1n) is 4.92. The Hall–Kier alpha value is -1.06. The molecule has 18 heavy (non-hydrogen) atoms. The van der Waals surface area contributed by atoms with E-state index in [0.717, 1.165) is 4.90 Å². The van der Waals surface area contributed by atoms with Gasteiger partial charge in [-0.05, 0) is 22.0 Å². The van der Waals surface area contributed by atoms with Gasteiger partial charge in [0.15, 0.2) is 0 Å². The number of carbonyl (C=O) groups is 1. The highest BCUT2D eigenvalue weighted by atomic mass is 79.9. The standard InChI is InChI=1S/C9H9BrFN3O3S/c10-5-1-7(9(11)13-3-5)14-4-6(2-8(14)15)18(12,16)17/h1,3,6H,2,4H2,(H2,12,16,17). The topological polar surface area (TPSA) is 93.4 Å². The summed E-state index contributed by atoms with van der Waals surface area (Å²) in [5, 5.41) is 3.98. The Morgan fingerprint density at radius 1 is 1.56 bits per heavy atom. The molecule has 1 fully saturated rings. The minimum atomic E-state index is -3.82. The van der Waals surface area contributed by atoms with E-state index in [1.54, 1.807) is 0 Å². The van der Waals surface area contributed by atoms with Crippen LogP contribution in [0.5, 0.6) is 0 Å². The molecule has 2 rings (SSSR count). The molecule has 1 aromatic heterocycles. The number of halogens is 2. The summed E-state index contributed by atoms with van der Waals surface area (Å²) in [6.45, 7) is -0.160. The number of sulfonamides is 1. The third kappa shape index (κ3) is 2.52. The fraction of sp³-hybridized carbons (Fsp3) is 0.333. The van der Waals surface area contributed by atoms with Crippen molar-refractivity contribution in [3.05, 3.63) is 22.7 Å². The molecule has 0 saturated carbocycles. The van der Waals surface area contributed by atoms with Gasteiger partial charge in [-0.2, -0.15) is 4.39 Å². The second kappa shape index (κ2) is 4.56. The van der Waals surface area contributed by atoms with Gasteiger partial charge in [-0.25, -0.2) is 18.5 Å². The lowest BCUT2D eigenvalue weighted by Crippen LogP contribution is -2.32. The van der Waals surface area contributed by atoms with Crippen molar-refractivity contribution >= 4 is 37.5 Å². The van der Waals surface area contributed by atoms with Crippen LogP contribution in [0.1, 0.15) is 6.42 Å². The van der Waals surface area contributed by atoms with Crippen LogP contribution in [-0.4, -0.2) is 31.1 Å². The summed E-state index contributed by atoms with van der Waals surface area (Å²) in [4.78, 5) is 16.2. The number of hydrogen-bond donors (Lipinski definition) is 1. The number of nitrogens with zero attached hydrogens (tertiary/aromatic N) is 2. The molecule has 1 aromatic rings. The van der Waals surface area contributed by atoms with E-state index in [2.05, 4.69) is 20.9 Å². The lowest BCUT2D eigenvalue weighted by atomic mass is 10.3. The third-order valence-electron chi connectivity index (χ3n) is 2.63. The maximum Gasteiger partial charge on any atom is 0.236 e. The van der Waals surface area contributed by atoms with E-state index in [4.69, 9.17) is 5.14 Å². The van der Waals surface area contributed by atoms with Crippen molar-refractivity contribution in [1.29, 1.82) is 0 Å². The molecule has 0 aliphatic carbocycles. The molecule has 0 bridgehead atoms. The molecule has 6 nitrogen and oxygen atoms in total. The van der Waals surface area contributed by atoms with Gasteiger partial charge in [-0.3, -0.25) is 4.79 Å². The van der Waals surface area contributed by atoms with Crippen LogP contribution in [0.25, 0.3) is 0 Å². The molecule has 2 N–H and O–H groups in total. The second-order valence-corrected chi connectivity index (χ2v) is 6.64. The molecule has 1 unspecified atom stereocenters. The van der Waals surface area contributed by atoms with Crippen molar-refractivity contribution < 1.29 is 17.6 Å². The molecule has 1 aliphatic heterocycles. The van der Waals surface area contributed by atoms with Crippen LogP contribution < -0.4 is 10.0 Å². The SMILES string of the molecule is NS(=O)(=O)C1CC(=O)N(c2cc(Br)cnc2F)C1. The monoisotopic (exact) mass is 337 g/mol. The summed E-state index contributed by atoms with van der Waals surface area (Å²) in [6.07, 6.45) is 1.00. The fourth-order valence-electron chi connectivity index (χ4n) is 1.73. The number of nitrogens with two attached hydrogens (primary N) is 1. The first kappa shape index (κ1) is 13.4. The maximum atomic E-state index is 13.5. The highest BCUT2D eigenvalue weighted by molar-refractivity contribution is 9.10. The second-order valence-electron chi connectivity index (χ2n) is 3.88. The van der Waals surface area contributed by atoms with Gasteiger partial charge in [0.25, 0.3) is 0 Å². The summed E-state index contributed by atoms with van der Waals surface area (Å²) >= 11 is 3.11. The van der Waals surface area contributed by atoms with Crippen LogP contribution >= 0.6 is 15.9 Å². The molecule has 9 heteroatoms. The average molecular weight is 338 g/mol. The number of carbonyl (C=O) groups excluding carboxylic acids is 1. The Labute approximate surface area is 111 Å². The number of hydrogen-bond acceptors (Lipinski definition) is 4. The molecule has 1 atom stereocenters. The first-order chi connectivity index (χ1) is 8.29. The third-order valence-corrected chi connectivity index (χ3v) is 4.31. The number of primary sulfonamides is 1. The van der Waals surface area contributed by atoms with E-state index in [-0.39, 0.29) is 18.7 Å². The Balaban J connectivity index is 2.35. The molecular formula is C9H9BrFN3O3S. The maximum absolute atomic E-state index is 13.5. The van der Waals surface area contributed by atoms with Crippen molar-refractivity contribution in [2.45, 2.75) is 11.7 Å². The van der Waals surface area contributed by atoms with Crippen molar-refractivity contribution in [2.24, 2.45) is 5.14 Å². The largest absolute Gasteiger partial charge is 0.307 e. The van der Waals surface area contributed by atoms with E-state index >= 15 is 0 Å². The minimum absolute atomic E-state index is 0.0551. The molecule has 98 valence electrons. The molecule has 2 heterocycles. The van der Waals surface area contributed by atoms with Crippen molar-refractivity contribution in [1.82, 2.24) is 4.98 Å². The quantitative estimate of drug-likeness (QED) is 0.789. The number of aromatic nitrogens is 1. The van der Waals surface area contributed by atoms with Gasteiger partial charge in [0.05, 0.1) is 0 Å². The van der Waals surface area contributed by atoms with Crippen LogP contribution in [0, 0.1) is 5.95 Å². The van der Waals surface area contributed by atoms with E-state index in [1.807, 2.05) is 0 Å². The van der Waals surface area contributed by atoms with E-state index in [0.29, 0.717) is 4.47 Å². The number of rotatable bonds is 2. The smallest absolute Gasteiger partial charge is 0.236 e. The summed E-state index contributed by atoms with van der Waals surface area (Å²) in [5.41, 5.74) is -0.0551. The zero-order chi connectivity index (χ0) is 13.5. The van der Waals surface area contributed by atoms with Gasteiger partial charge >= 0.3 is 0 Å². The summed E-state index contributed by atoms with van der Waals surface area (Å²) < 4.78 is 36.4. The lowest BCUT2D eigenvalue weighted by molar-refractivity contribution is -0.117. The normalized spacial score (nSPS) is 20.5. The van der Waals surface area contributed by atoms with Gasteiger partial charge in [-0.1, -0.05) is 0 Å². The lowest BCUT2D eigenvalue weighted by Gasteiger charge is -2.16. The highest BCUT2D eigenvalue weighted by Gasteiger charge is 2.38. The van der Waals surface area contributed by atoms with Crippen LogP contribution in [0.2, 0.25) is 0 Å². The number of pyridine rings is 1. The van der Waals surface area contributed by atoms with E-state index in [9.17, 15) is 17.6 Å². The van der Waals surface area contributed by atoms with Gasteiger partial charge in [-0.15, -0.1) is 0 Å². The zero-order valence-corrected chi connectivity index (χ0v) is 11.4. The fourth-order valence-corrected chi connectivity index (χ4v) is 2.78. The zero-order valence-electron chi connectivity index (χ0n) is 9.01. The van der Waals surface area contributed by atoms with Crippen molar-refractivity contribution in [3.8, 4) is 0 Å². The van der Waals surface area contributed by atoms with Gasteiger partial charge < -0.3 is 4.90 Å². The predicted octanol–water partition coefficient (Wildman–Crippen LogP) is 0.377. The Morgan fingerprint density at radius 2 is 2.22 bits per heavy atom.